The minimum absolute atomic E-state index is 0.0824. The molecular weight excluding hydrogens is 242 g/mol. The maximum absolute atomic E-state index is 11.6. The van der Waals surface area contributed by atoms with Crippen molar-refractivity contribution < 1.29 is 0 Å². The molecule has 0 fully saturated rings. The SMILES string of the molecule is Cc1cccc(=O)n1CC(C)(C)CBr. The van der Waals surface area contributed by atoms with Crippen LogP contribution >= 0.6 is 15.9 Å². The van der Waals surface area contributed by atoms with Gasteiger partial charge in [-0.15, -0.1) is 0 Å². The number of aromatic nitrogens is 1. The Bertz CT molecular complexity index is 368. The van der Waals surface area contributed by atoms with Crippen LogP contribution in [0.2, 0.25) is 0 Å². The van der Waals surface area contributed by atoms with E-state index in [2.05, 4.69) is 29.8 Å². The Morgan fingerprint density at radius 2 is 2.07 bits per heavy atom. The summed E-state index contributed by atoms with van der Waals surface area (Å²) in [6.45, 7) is 7.00. The Hall–Kier alpha value is -0.570. The van der Waals surface area contributed by atoms with Gasteiger partial charge in [-0.05, 0) is 18.4 Å². The molecule has 0 atom stereocenters. The number of hydrogen-bond acceptors (Lipinski definition) is 1. The van der Waals surface area contributed by atoms with Crippen LogP contribution in [0.5, 0.6) is 0 Å². The van der Waals surface area contributed by atoms with E-state index in [0.717, 1.165) is 17.6 Å². The van der Waals surface area contributed by atoms with Gasteiger partial charge < -0.3 is 4.57 Å². The first-order valence-electron chi connectivity index (χ1n) is 4.69. The molecule has 0 saturated heterocycles. The highest BCUT2D eigenvalue weighted by Crippen LogP contribution is 2.20. The molecule has 0 spiro atoms. The molecule has 0 amide bonds. The summed E-state index contributed by atoms with van der Waals surface area (Å²) in [4.78, 5) is 11.6. The van der Waals surface area contributed by atoms with Crippen LogP contribution in [0, 0.1) is 12.3 Å². The minimum Gasteiger partial charge on any atom is -0.312 e. The van der Waals surface area contributed by atoms with E-state index in [0.29, 0.717) is 0 Å². The van der Waals surface area contributed by atoms with Gasteiger partial charge in [0.1, 0.15) is 0 Å². The van der Waals surface area contributed by atoms with Gasteiger partial charge in [-0.1, -0.05) is 35.8 Å². The van der Waals surface area contributed by atoms with E-state index in [1.807, 2.05) is 17.6 Å². The molecule has 0 aromatic carbocycles. The molecule has 0 bridgehead atoms. The van der Waals surface area contributed by atoms with Crippen LogP contribution in [-0.4, -0.2) is 9.90 Å². The lowest BCUT2D eigenvalue weighted by Gasteiger charge is -2.23. The predicted octanol–water partition coefficient (Wildman–Crippen LogP) is 2.58. The molecule has 0 aliphatic heterocycles. The van der Waals surface area contributed by atoms with E-state index >= 15 is 0 Å². The van der Waals surface area contributed by atoms with E-state index in [4.69, 9.17) is 0 Å². The van der Waals surface area contributed by atoms with Gasteiger partial charge in [0.25, 0.3) is 5.56 Å². The van der Waals surface area contributed by atoms with Gasteiger partial charge >= 0.3 is 0 Å². The summed E-state index contributed by atoms with van der Waals surface area (Å²) >= 11 is 3.46. The first-order valence-corrected chi connectivity index (χ1v) is 5.81. The third-order valence-electron chi connectivity index (χ3n) is 2.22. The summed E-state index contributed by atoms with van der Waals surface area (Å²) in [5.74, 6) is 0. The molecule has 0 aliphatic carbocycles. The largest absolute Gasteiger partial charge is 0.312 e. The van der Waals surface area contributed by atoms with Crippen molar-refractivity contribution in [1.29, 1.82) is 0 Å². The summed E-state index contributed by atoms with van der Waals surface area (Å²) in [5, 5.41) is 0.890. The second kappa shape index (κ2) is 4.30. The zero-order valence-electron chi connectivity index (χ0n) is 8.88. The highest BCUT2D eigenvalue weighted by Gasteiger charge is 2.17. The van der Waals surface area contributed by atoms with Crippen molar-refractivity contribution in [2.24, 2.45) is 5.41 Å². The maximum Gasteiger partial charge on any atom is 0.250 e. The molecule has 1 aromatic rings. The molecule has 1 aromatic heterocycles. The van der Waals surface area contributed by atoms with Crippen LogP contribution in [-0.2, 0) is 6.54 Å². The zero-order valence-corrected chi connectivity index (χ0v) is 10.5. The fourth-order valence-corrected chi connectivity index (χ4v) is 1.47. The van der Waals surface area contributed by atoms with Crippen LogP contribution in [0.4, 0.5) is 0 Å². The average Bonchev–Trinajstić information content (AvgIpc) is 2.12. The van der Waals surface area contributed by atoms with Gasteiger partial charge in [0.15, 0.2) is 0 Å². The van der Waals surface area contributed by atoms with Crippen LogP contribution in [0.1, 0.15) is 19.5 Å². The average molecular weight is 258 g/mol. The fraction of sp³-hybridized carbons (Fsp3) is 0.545. The fourth-order valence-electron chi connectivity index (χ4n) is 1.30. The maximum atomic E-state index is 11.6. The second-order valence-electron chi connectivity index (χ2n) is 4.39. The number of nitrogens with zero attached hydrogens (tertiary/aromatic N) is 1. The molecule has 78 valence electrons. The summed E-state index contributed by atoms with van der Waals surface area (Å²) in [6, 6.07) is 5.37. The van der Waals surface area contributed by atoms with Crippen LogP contribution in [0.25, 0.3) is 0 Å². The van der Waals surface area contributed by atoms with Crippen molar-refractivity contribution in [1.82, 2.24) is 4.57 Å². The lowest BCUT2D eigenvalue weighted by molar-refractivity contribution is 0.345. The summed E-state index contributed by atoms with van der Waals surface area (Å²) in [7, 11) is 0. The van der Waals surface area contributed by atoms with E-state index in [9.17, 15) is 4.79 Å². The lowest BCUT2D eigenvalue weighted by atomic mass is 9.96. The Labute approximate surface area is 93.1 Å². The van der Waals surface area contributed by atoms with Gasteiger partial charge in [0.05, 0.1) is 0 Å². The highest BCUT2D eigenvalue weighted by atomic mass is 79.9. The zero-order chi connectivity index (χ0) is 10.8. The van der Waals surface area contributed by atoms with E-state index in [-0.39, 0.29) is 11.0 Å². The highest BCUT2D eigenvalue weighted by molar-refractivity contribution is 9.09. The van der Waals surface area contributed by atoms with Crippen LogP contribution in [0.3, 0.4) is 0 Å². The molecule has 1 rings (SSSR count). The number of pyridine rings is 1. The first kappa shape index (κ1) is 11.5. The van der Waals surface area contributed by atoms with E-state index < -0.39 is 0 Å². The van der Waals surface area contributed by atoms with Crippen molar-refractivity contribution in [3.8, 4) is 0 Å². The van der Waals surface area contributed by atoms with Crippen molar-refractivity contribution in [3.63, 3.8) is 0 Å². The summed E-state index contributed by atoms with van der Waals surface area (Å²) in [5.41, 5.74) is 1.21. The van der Waals surface area contributed by atoms with Gasteiger partial charge in [-0.25, -0.2) is 0 Å². The number of hydrogen-bond donors (Lipinski definition) is 0. The monoisotopic (exact) mass is 257 g/mol. The number of aryl methyl sites for hydroxylation is 1. The number of alkyl halides is 1. The third-order valence-corrected chi connectivity index (χ3v) is 3.73. The summed E-state index contributed by atoms with van der Waals surface area (Å²) < 4.78 is 1.82. The molecule has 0 N–H and O–H groups in total. The molecule has 2 nitrogen and oxygen atoms in total. The van der Waals surface area contributed by atoms with Gasteiger partial charge in [-0.2, -0.15) is 0 Å². The Morgan fingerprint density at radius 1 is 1.43 bits per heavy atom. The molecule has 1 heterocycles. The molecule has 0 saturated carbocycles. The van der Waals surface area contributed by atoms with Crippen molar-refractivity contribution in [2.75, 3.05) is 5.33 Å². The van der Waals surface area contributed by atoms with E-state index in [1.54, 1.807) is 12.1 Å². The lowest BCUT2D eigenvalue weighted by Crippen LogP contribution is -2.30. The standard InChI is InChI=1S/C11H16BrNO/c1-9-5-4-6-10(14)13(9)8-11(2,3)7-12/h4-6H,7-8H2,1-3H3. The molecular formula is C11H16BrNO. The van der Waals surface area contributed by atoms with Crippen molar-refractivity contribution >= 4 is 15.9 Å². The van der Waals surface area contributed by atoms with Gasteiger partial charge in [-0.3, -0.25) is 4.79 Å². The van der Waals surface area contributed by atoms with Crippen LogP contribution < -0.4 is 5.56 Å². The molecule has 3 heteroatoms. The smallest absolute Gasteiger partial charge is 0.250 e. The Morgan fingerprint density at radius 3 is 2.57 bits per heavy atom. The minimum atomic E-state index is 0.0824. The number of halogens is 1. The molecule has 0 aliphatic rings. The van der Waals surface area contributed by atoms with Gasteiger partial charge in [0.2, 0.25) is 0 Å². The first-order chi connectivity index (χ1) is 6.46. The van der Waals surface area contributed by atoms with Crippen molar-refractivity contribution in [2.45, 2.75) is 27.3 Å². The quantitative estimate of drug-likeness (QED) is 0.764. The second-order valence-corrected chi connectivity index (χ2v) is 4.95. The molecule has 14 heavy (non-hydrogen) atoms. The number of rotatable bonds is 3. The topological polar surface area (TPSA) is 22.0 Å². The third kappa shape index (κ3) is 2.71. The molecule has 0 unspecified atom stereocenters. The normalized spacial score (nSPS) is 11.7. The van der Waals surface area contributed by atoms with E-state index in [1.165, 1.54) is 0 Å². The Kier molecular flexibility index (Phi) is 3.53. The van der Waals surface area contributed by atoms with Gasteiger partial charge in [0, 0.05) is 23.6 Å². The summed E-state index contributed by atoms with van der Waals surface area (Å²) in [6.07, 6.45) is 0. The van der Waals surface area contributed by atoms with Crippen LogP contribution in [0.15, 0.2) is 23.0 Å². The molecule has 0 radical (unpaired) electrons. The van der Waals surface area contributed by atoms with Crippen molar-refractivity contribution in [3.05, 3.63) is 34.2 Å². The predicted molar refractivity (Wildman–Crippen MR) is 63.0 cm³/mol. The Balaban J connectivity index is 3.03.